The molecule has 0 aliphatic heterocycles. The average molecular weight is 414 g/mol. The summed E-state index contributed by atoms with van der Waals surface area (Å²) in [7, 11) is 0. The first kappa shape index (κ1) is 16.5. The van der Waals surface area contributed by atoms with Crippen LogP contribution in [0.15, 0.2) is 0 Å². The average Bonchev–Trinajstić information content (AvgIpc) is 2.04. The molecule has 0 N–H and O–H groups in total. The van der Waals surface area contributed by atoms with E-state index in [0.29, 0.717) is 0 Å². The molecular formula is C9H19BiNS2. The van der Waals surface area contributed by atoms with Crippen LogP contribution >= 0.6 is 24.8 Å². The summed E-state index contributed by atoms with van der Waals surface area (Å²) in [6.07, 6.45) is 4.87. The third-order valence-electron chi connectivity index (χ3n) is 1.83. The molecule has 0 rings (SSSR count). The molecule has 0 aromatic heterocycles. The summed E-state index contributed by atoms with van der Waals surface area (Å²) < 4.78 is 0.747. The van der Waals surface area contributed by atoms with Gasteiger partial charge in [-0.1, -0.05) is 38.9 Å². The Morgan fingerprint density at radius 3 is 1.77 bits per heavy atom. The zero-order chi connectivity index (χ0) is 9.40. The Hall–Kier alpha value is 1.12. The molecular weight excluding hydrogens is 395 g/mol. The third kappa shape index (κ3) is 9.43. The number of thiol groups is 1. The van der Waals surface area contributed by atoms with E-state index in [0.717, 1.165) is 17.4 Å². The molecule has 0 saturated carbocycles. The van der Waals surface area contributed by atoms with Crippen molar-refractivity contribution in [1.82, 2.24) is 4.90 Å². The minimum Gasteiger partial charge on any atom is -0.358 e. The Kier molecular flexibility index (Phi) is 14.3. The van der Waals surface area contributed by atoms with Crippen molar-refractivity contribution in [1.29, 1.82) is 0 Å². The van der Waals surface area contributed by atoms with Crippen LogP contribution in [0.2, 0.25) is 0 Å². The van der Waals surface area contributed by atoms with Gasteiger partial charge in [0.05, 0.1) is 0 Å². The topological polar surface area (TPSA) is 3.24 Å². The summed E-state index contributed by atoms with van der Waals surface area (Å²) in [4.78, 5) is 2.19. The fourth-order valence-electron chi connectivity index (χ4n) is 1.00. The van der Waals surface area contributed by atoms with Gasteiger partial charge >= 0.3 is 0 Å². The van der Waals surface area contributed by atoms with E-state index in [1.54, 1.807) is 0 Å². The van der Waals surface area contributed by atoms with Gasteiger partial charge in [0.2, 0.25) is 0 Å². The second-order valence-electron chi connectivity index (χ2n) is 2.98. The molecule has 0 spiro atoms. The molecule has 4 heteroatoms. The van der Waals surface area contributed by atoms with Crippen LogP contribution in [-0.2, 0) is 0 Å². The molecule has 0 amide bonds. The van der Waals surface area contributed by atoms with Gasteiger partial charge in [-0.25, -0.2) is 0 Å². The standard InChI is InChI=1S/C9H19NS2.Bi/c1-3-5-7-10(9(11)12)8-6-4-2;/h3-8H2,1-2H3,(H,11,12);. The summed E-state index contributed by atoms with van der Waals surface area (Å²) in [6.45, 7) is 6.52. The molecule has 0 fully saturated rings. The predicted octanol–water partition coefficient (Wildman–Crippen LogP) is 2.72. The first-order valence-corrected chi connectivity index (χ1v) is 5.55. The molecule has 0 bridgehead atoms. The van der Waals surface area contributed by atoms with E-state index in [9.17, 15) is 0 Å². The van der Waals surface area contributed by atoms with Crippen LogP contribution in [0, 0.1) is 0 Å². The number of hydrogen-bond donors (Lipinski definition) is 1. The van der Waals surface area contributed by atoms with Crippen LogP contribution in [0.25, 0.3) is 0 Å². The van der Waals surface area contributed by atoms with Gasteiger partial charge in [-0.15, -0.1) is 12.6 Å². The van der Waals surface area contributed by atoms with Crippen molar-refractivity contribution in [3.8, 4) is 0 Å². The summed E-state index contributed by atoms with van der Waals surface area (Å²) in [6, 6.07) is 0. The number of nitrogens with zero attached hydrogens (tertiary/aromatic N) is 1. The van der Waals surface area contributed by atoms with Gasteiger partial charge in [-0.2, -0.15) is 0 Å². The van der Waals surface area contributed by atoms with E-state index in [1.165, 1.54) is 25.7 Å². The number of thiocarbonyl (C=S) groups is 1. The van der Waals surface area contributed by atoms with Crippen LogP contribution in [0.3, 0.4) is 0 Å². The molecule has 13 heavy (non-hydrogen) atoms. The van der Waals surface area contributed by atoms with Crippen molar-refractivity contribution in [2.75, 3.05) is 13.1 Å². The Balaban J connectivity index is 0. The minimum absolute atomic E-state index is 0. The molecule has 0 aliphatic rings. The first-order chi connectivity index (χ1) is 5.72. The SMILES string of the molecule is CCCCN(CCCC)C(=S)S.[Bi]. The number of rotatable bonds is 6. The van der Waals surface area contributed by atoms with Crippen molar-refractivity contribution in [2.45, 2.75) is 39.5 Å². The quantitative estimate of drug-likeness (QED) is 0.405. The minimum atomic E-state index is 0. The van der Waals surface area contributed by atoms with E-state index in [2.05, 4.69) is 31.4 Å². The monoisotopic (exact) mass is 414 g/mol. The van der Waals surface area contributed by atoms with Gasteiger partial charge in [-0.3, -0.25) is 0 Å². The maximum Gasteiger partial charge on any atom is 0.133 e. The van der Waals surface area contributed by atoms with Crippen LogP contribution in [0.1, 0.15) is 39.5 Å². The molecule has 3 radical (unpaired) electrons. The van der Waals surface area contributed by atoms with Crippen LogP contribution in [-0.4, -0.2) is 48.5 Å². The zero-order valence-corrected chi connectivity index (χ0v) is 13.7. The third-order valence-corrected chi connectivity index (χ3v) is 2.37. The summed E-state index contributed by atoms with van der Waals surface area (Å²) in [5, 5.41) is 0. The number of hydrogen-bond acceptors (Lipinski definition) is 1. The molecule has 77 valence electrons. The number of unbranched alkanes of at least 4 members (excludes halogenated alkanes) is 2. The fraction of sp³-hybridized carbons (Fsp3) is 0.889. The second kappa shape index (κ2) is 11.2. The van der Waals surface area contributed by atoms with Crippen molar-refractivity contribution in [2.24, 2.45) is 0 Å². The Bertz CT molecular complexity index is 123. The maximum atomic E-state index is 5.03. The molecule has 0 heterocycles. The Morgan fingerprint density at radius 1 is 1.15 bits per heavy atom. The van der Waals surface area contributed by atoms with Crippen LogP contribution in [0.5, 0.6) is 0 Å². The molecule has 0 atom stereocenters. The van der Waals surface area contributed by atoms with E-state index in [-0.39, 0.29) is 26.2 Å². The van der Waals surface area contributed by atoms with Gasteiger partial charge in [0.15, 0.2) is 0 Å². The molecule has 1 nitrogen and oxygen atoms in total. The van der Waals surface area contributed by atoms with Gasteiger partial charge in [0.25, 0.3) is 0 Å². The normalized spacial score (nSPS) is 9.15. The second-order valence-corrected chi connectivity index (χ2v) is 4.09. The van der Waals surface area contributed by atoms with Crippen molar-refractivity contribution >= 4 is 55.4 Å². The van der Waals surface area contributed by atoms with Gasteiger partial charge in [-0.05, 0) is 12.8 Å². The zero-order valence-electron chi connectivity index (χ0n) is 8.49. The Morgan fingerprint density at radius 2 is 1.54 bits per heavy atom. The van der Waals surface area contributed by atoms with Gasteiger partial charge < -0.3 is 4.90 Å². The van der Waals surface area contributed by atoms with E-state index in [4.69, 9.17) is 12.2 Å². The molecule has 0 aliphatic carbocycles. The Labute approximate surface area is 112 Å². The van der Waals surface area contributed by atoms with Gasteiger partial charge in [0.1, 0.15) is 4.32 Å². The van der Waals surface area contributed by atoms with Crippen LogP contribution in [0.4, 0.5) is 0 Å². The first-order valence-electron chi connectivity index (χ1n) is 4.70. The summed E-state index contributed by atoms with van der Waals surface area (Å²) in [5.41, 5.74) is 0. The van der Waals surface area contributed by atoms with E-state index < -0.39 is 0 Å². The predicted molar refractivity (Wildman–Crippen MR) is 68.7 cm³/mol. The smallest absolute Gasteiger partial charge is 0.133 e. The van der Waals surface area contributed by atoms with E-state index >= 15 is 0 Å². The van der Waals surface area contributed by atoms with Gasteiger partial charge in [0, 0.05) is 39.3 Å². The summed E-state index contributed by atoms with van der Waals surface area (Å²) in [5.74, 6) is 0. The van der Waals surface area contributed by atoms with Crippen molar-refractivity contribution < 1.29 is 0 Å². The van der Waals surface area contributed by atoms with E-state index in [1.807, 2.05) is 0 Å². The molecule has 0 aromatic rings. The molecule has 0 saturated heterocycles. The molecule has 0 aromatic carbocycles. The molecule has 0 unspecified atom stereocenters. The summed E-state index contributed by atoms with van der Waals surface area (Å²) >= 11 is 9.23. The van der Waals surface area contributed by atoms with Crippen LogP contribution < -0.4 is 0 Å². The largest absolute Gasteiger partial charge is 0.358 e. The van der Waals surface area contributed by atoms with Crippen molar-refractivity contribution in [3.05, 3.63) is 0 Å². The maximum absolute atomic E-state index is 5.03. The van der Waals surface area contributed by atoms with Crippen molar-refractivity contribution in [3.63, 3.8) is 0 Å². The fourth-order valence-corrected chi connectivity index (χ4v) is 1.38.